The van der Waals surface area contributed by atoms with E-state index in [1.54, 1.807) is 0 Å². The normalized spacial score (nSPS) is 31.5. The molecule has 0 spiro atoms. The van der Waals surface area contributed by atoms with Crippen LogP contribution in [0.4, 0.5) is 0 Å². The van der Waals surface area contributed by atoms with Gasteiger partial charge in [-0.3, -0.25) is 14.5 Å². The maximum absolute atomic E-state index is 14.5. The number of carbonyl (C=O) groups is 1. The Morgan fingerprint density at radius 3 is 2.41 bits per heavy atom. The van der Waals surface area contributed by atoms with Crippen LogP contribution in [0, 0.1) is 17.3 Å². The second-order valence-corrected chi connectivity index (χ2v) is 14.9. The molecule has 2 saturated heterocycles. The van der Waals surface area contributed by atoms with Crippen LogP contribution in [-0.2, 0) is 9.63 Å². The largest absolute Gasteiger partial charge is 0.481 e. The molecule has 1 N–H and O–H groups in total. The Labute approximate surface area is 274 Å². The number of benzene rings is 1. The van der Waals surface area contributed by atoms with Gasteiger partial charge in [0, 0.05) is 37.1 Å². The lowest BCUT2D eigenvalue weighted by Crippen LogP contribution is -2.57. The van der Waals surface area contributed by atoms with Crippen LogP contribution in [0.1, 0.15) is 116 Å². The van der Waals surface area contributed by atoms with Crippen LogP contribution in [0.15, 0.2) is 34.2 Å². The smallest absolute Gasteiger partial charge is 0.303 e. The van der Waals surface area contributed by atoms with Crippen LogP contribution < -0.4 is 5.56 Å². The molecular weight excluding hydrogens is 578 g/mol. The van der Waals surface area contributed by atoms with E-state index in [4.69, 9.17) is 9.82 Å². The molecule has 4 bridgehead atoms. The molecule has 9 nitrogen and oxygen atoms in total. The molecule has 46 heavy (non-hydrogen) atoms. The van der Waals surface area contributed by atoms with Crippen LogP contribution in [0.2, 0.25) is 0 Å². The van der Waals surface area contributed by atoms with Gasteiger partial charge >= 0.3 is 5.97 Å². The molecule has 7 rings (SSSR count). The predicted octanol–water partition coefficient (Wildman–Crippen LogP) is 6.49. The summed E-state index contributed by atoms with van der Waals surface area (Å²) in [6.07, 6.45) is 12.2. The molecule has 5 fully saturated rings. The number of oxime groups is 1. The Morgan fingerprint density at radius 2 is 1.74 bits per heavy atom. The van der Waals surface area contributed by atoms with Gasteiger partial charge in [-0.25, -0.2) is 4.98 Å². The van der Waals surface area contributed by atoms with E-state index in [1.807, 2.05) is 28.8 Å². The van der Waals surface area contributed by atoms with Crippen LogP contribution in [-0.4, -0.2) is 80.5 Å². The fourth-order valence-electron chi connectivity index (χ4n) is 9.92. The number of para-hydroxylation sites is 2. The van der Waals surface area contributed by atoms with Crippen molar-refractivity contribution in [1.82, 2.24) is 19.4 Å². The van der Waals surface area contributed by atoms with Crippen molar-refractivity contribution in [2.24, 2.45) is 22.4 Å². The van der Waals surface area contributed by atoms with E-state index < -0.39 is 5.97 Å². The van der Waals surface area contributed by atoms with Gasteiger partial charge in [-0.15, -0.1) is 0 Å². The number of carboxylic acids is 1. The Balaban J connectivity index is 1.31. The molecule has 3 saturated carbocycles. The van der Waals surface area contributed by atoms with Crippen molar-refractivity contribution in [1.29, 1.82) is 0 Å². The Bertz CT molecular complexity index is 1450. The molecule has 4 atom stereocenters. The molecule has 1 aromatic carbocycles. The van der Waals surface area contributed by atoms with Crippen molar-refractivity contribution in [3.05, 3.63) is 40.3 Å². The molecule has 0 amide bonds. The number of carboxylic acid groups (broad SMARTS) is 1. The molecule has 3 aliphatic carbocycles. The molecule has 2 aliphatic heterocycles. The second-order valence-electron chi connectivity index (χ2n) is 14.9. The van der Waals surface area contributed by atoms with Gasteiger partial charge in [-0.2, -0.15) is 0 Å². The van der Waals surface area contributed by atoms with Crippen LogP contribution >= 0.6 is 0 Å². The van der Waals surface area contributed by atoms with E-state index >= 15 is 0 Å². The van der Waals surface area contributed by atoms with Crippen LogP contribution in [0.3, 0.4) is 0 Å². The Hall–Kier alpha value is -2.78. The lowest BCUT2D eigenvalue weighted by atomic mass is 9.57. The van der Waals surface area contributed by atoms with Crippen molar-refractivity contribution in [3.63, 3.8) is 0 Å². The monoisotopic (exact) mass is 633 g/mol. The van der Waals surface area contributed by atoms with Gasteiger partial charge in [0.15, 0.2) is 5.69 Å². The molecule has 9 heteroatoms. The molecule has 3 heterocycles. The van der Waals surface area contributed by atoms with E-state index in [2.05, 4.69) is 42.7 Å². The highest BCUT2D eigenvalue weighted by molar-refractivity contribution is 6.00. The first-order chi connectivity index (χ1) is 22.2. The summed E-state index contributed by atoms with van der Waals surface area (Å²) in [6, 6.07) is 9.56. The van der Waals surface area contributed by atoms with Crippen LogP contribution in [0.5, 0.6) is 0 Å². The maximum Gasteiger partial charge on any atom is 0.303 e. The third kappa shape index (κ3) is 6.64. The average Bonchev–Trinajstić information content (AvgIpc) is 3.26. The van der Waals surface area contributed by atoms with Crippen molar-refractivity contribution < 1.29 is 14.7 Å². The van der Waals surface area contributed by atoms with Gasteiger partial charge in [0.1, 0.15) is 12.3 Å². The number of likely N-dealkylation sites (N-methyl/N-ethyl adjacent to an activating group) is 1. The number of hydrogen-bond donors (Lipinski definition) is 1. The zero-order valence-corrected chi connectivity index (χ0v) is 28.5. The summed E-state index contributed by atoms with van der Waals surface area (Å²) in [5.41, 5.74) is 2.48. The molecule has 252 valence electrons. The van der Waals surface area contributed by atoms with Crippen molar-refractivity contribution in [2.45, 2.75) is 129 Å². The fraction of sp³-hybridized carbons (Fsp3) is 0.730. The van der Waals surface area contributed by atoms with Gasteiger partial charge < -0.3 is 19.4 Å². The minimum Gasteiger partial charge on any atom is -0.481 e. The Morgan fingerprint density at radius 1 is 1.02 bits per heavy atom. The molecule has 0 radical (unpaired) electrons. The van der Waals surface area contributed by atoms with E-state index in [0.717, 1.165) is 48.8 Å². The fourth-order valence-corrected chi connectivity index (χ4v) is 9.92. The maximum atomic E-state index is 14.5. The zero-order valence-electron chi connectivity index (χ0n) is 28.5. The van der Waals surface area contributed by atoms with Crippen molar-refractivity contribution in [2.75, 3.05) is 26.2 Å². The average molecular weight is 634 g/mol. The van der Waals surface area contributed by atoms with E-state index in [0.29, 0.717) is 42.4 Å². The summed E-state index contributed by atoms with van der Waals surface area (Å²) >= 11 is 0. The second kappa shape index (κ2) is 14.1. The van der Waals surface area contributed by atoms with Gasteiger partial charge in [-0.1, -0.05) is 57.8 Å². The molecule has 2 aromatic rings. The minimum absolute atomic E-state index is 0.0638. The zero-order chi connectivity index (χ0) is 32.4. The minimum atomic E-state index is -0.938. The number of aliphatic carboxylic acids is 1. The number of nitrogens with zero attached hydrogens (tertiary/aromatic N) is 5. The van der Waals surface area contributed by atoms with E-state index in [-0.39, 0.29) is 30.1 Å². The third-order valence-electron chi connectivity index (χ3n) is 12.2. The first-order valence-corrected chi connectivity index (χ1v) is 18.2. The van der Waals surface area contributed by atoms with Gasteiger partial charge in [0.2, 0.25) is 0 Å². The highest BCUT2D eigenvalue weighted by Gasteiger charge is 2.52. The first kappa shape index (κ1) is 33.1. The van der Waals surface area contributed by atoms with E-state index in [9.17, 15) is 14.7 Å². The Kier molecular flexibility index (Phi) is 10.2. The first-order valence-electron chi connectivity index (χ1n) is 18.2. The number of aromatic nitrogens is 2. The summed E-state index contributed by atoms with van der Waals surface area (Å²) in [5.74, 6) is 0.742. The van der Waals surface area contributed by atoms with Crippen molar-refractivity contribution in [3.8, 4) is 0 Å². The summed E-state index contributed by atoms with van der Waals surface area (Å²) in [6.45, 7) is 12.0. The standard InChI is InChI=1S/C37H55N5O4/c1-5-26-20-29(19-25-23-37(26,4)24-25)41-27-11-10-12-28(41)22-30(21-27)42-33-14-9-8-13-31(33)38-35(36(42)45)32(15-16-34(43)44)39-46-18-17-40(6-2)7-3/h8-9,13-14,25-30H,5-7,10-12,15-24H2,1-4H3,(H,43,44)/b39-32+. The molecular formula is C37H55N5O4. The topological polar surface area (TPSA) is 100 Å². The third-order valence-corrected chi connectivity index (χ3v) is 12.2. The molecule has 5 aliphatic rings. The predicted molar refractivity (Wildman–Crippen MR) is 182 cm³/mol. The molecule has 4 unspecified atom stereocenters. The van der Waals surface area contributed by atoms with Crippen LogP contribution in [0.25, 0.3) is 11.0 Å². The summed E-state index contributed by atoms with van der Waals surface area (Å²) in [4.78, 5) is 41.8. The summed E-state index contributed by atoms with van der Waals surface area (Å²) in [7, 11) is 0. The SMILES string of the molecule is CCC1CC(N2C3CCCC2CC(n2c(=O)c(/C(CCC(=O)O)=N/OCCN(CC)CC)nc4ccccc42)C3)CC2CC1(C)C2. The summed E-state index contributed by atoms with van der Waals surface area (Å²) in [5, 5.41) is 13.9. The summed E-state index contributed by atoms with van der Waals surface area (Å²) < 4.78 is 1.99. The number of piperidine rings is 2. The van der Waals surface area contributed by atoms with Gasteiger partial charge in [0.05, 0.1) is 17.5 Å². The lowest BCUT2D eigenvalue weighted by Gasteiger charge is -2.53. The van der Waals surface area contributed by atoms with Crippen molar-refractivity contribution >= 4 is 22.7 Å². The molecule has 1 aromatic heterocycles. The number of fused-ring (bicyclic) bond motifs is 7. The number of rotatable bonds is 13. The van der Waals surface area contributed by atoms with E-state index in [1.165, 1.54) is 51.4 Å². The van der Waals surface area contributed by atoms with Gasteiger partial charge in [0.25, 0.3) is 5.56 Å². The highest BCUT2D eigenvalue weighted by Crippen LogP contribution is 2.59. The highest BCUT2D eigenvalue weighted by atomic mass is 16.6. The van der Waals surface area contributed by atoms with Gasteiger partial charge in [-0.05, 0) is 93.8 Å². The quantitative estimate of drug-likeness (QED) is 0.153. The number of hydrogen-bond acceptors (Lipinski definition) is 7. The lowest BCUT2D eigenvalue weighted by molar-refractivity contribution is -0.136.